The number of halogens is 1. The largest absolute Gasteiger partial charge is 0.483 e. The average Bonchev–Trinajstić information content (AvgIpc) is 3.30. The van der Waals surface area contributed by atoms with E-state index in [1.165, 1.54) is 6.20 Å². The maximum Gasteiger partial charge on any atom is 0.290 e. The minimum absolute atomic E-state index is 0.0155. The summed E-state index contributed by atoms with van der Waals surface area (Å²) in [6.45, 7) is 0.755. The summed E-state index contributed by atoms with van der Waals surface area (Å²) in [5.41, 5.74) is 3.39. The number of carboxylic acid groups (broad SMARTS) is 1. The van der Waals surface area contributed by atoms with Gasteiger partial charge in [0.15, 0.2) is 0 Å². The number of hydrogen-bond donors (Lipinski definition) is 2. The van der Waals surface area contributed by atoms with Crippen LogP contribution in [0.3, 0.4) is 0 Å². The quantitative estimate of drug-likeness (QED) is 0.645. The second kappa shape index (κ2) is 8.00. The van der Waals surface area contributed by atoms with Gasteiger partial charge in [0.2, 0.25) is 0 Å². The molecular formula is C17H17ClN6O3. The molecule has 0 aliphatic carbocycles. The van der Waals surface area contributed by atoms with Crippen molar-refractivity contribution in [1.82, 2.24) is 29.6 Å². The first kappa shape index (κ1) is 18.6. The number of H-pyrrole nitrogens is 1. The molecule has 1 aliphatic heterocycles. The van der Waals surface area contributed by atoms with Crippen LogP contribution in [0.5, 0.6) is 0 Å². The molecule has 1 atom stereocenters. The van der Waals surface area contributed by atoms with Crippen molar-refractivity contribution in [2.45, 2.75) is 12.5 Å². The van der Waals surface area contributed by atoms with Crippen molar-refractivity contribution < 1.29 is 14.7 Å². The van der Waals surface area contributed by atoms with Crippen molar-refractivity contribution in [3.63, 3.8) is 0 Å². The predicted molar refractivity (Wildman–Crippen MR) is 96.3 cm³/mol. The number of carbonyl (C=O) groups excluding carboxylic acids is 1. The Morgan fingerprint density at radius 3 is 2.89 bits per heavy atom. The highest BCUT2D eigenvalue weighted by Gasteiger charge is 2.32. The van der Waals surface area contributed by atoms with Crippen molar-refractivity contribution in [3.8, 4) is 0 Å². The zero-order valence-corrected chi connectivity index (χ0v) is 15.2. The van der Waals surface area contributed by atoms with E-state index in [0.717, 1.165) is 17.0 Å². The minimum atomic E-state index is -0.250. The van der Waals surface area contributed by atoms with E-state index in [9.17, 15) is 4.79 Å². The maximum absolute atomic E-state index is 12.9. The molecule has 0 bridgehead atoms. The van der Waals surface area contributed by atoms with E-state index in [-0.39, 0.29) is 18.3 Å². The molecule has 1 amide bonds. The van der Waals surface area contributed by atoms with Crippen LogP contribution in [0, 0.1) is 0 Å². The Labute approximate surface area is 159 Å². The third-order valence-electron chi connectivity index (χ3n) is 4.25. The first-order chi connectivity index (χ1) is 13.0. The molecule has 0 spiro atoms. The summed E-state index contributed by atoms with van der Waals surface area (Å²) in [5.74, 6) is -0.130. The molecule has 2 N–H and O–H groups in total. The lowest BCUT2D eigenvalue weighted by Gasteiger charge is -2.31. The van der Waals surface area contributed by atoms with E-state index in [2.05, 4.69) is 20.1 Å². The number of fused-ring (bicyclic) bond motifs is 1. The Morgan fingerprint density at radius 2 is 2.22 bits per heavy atom. The molecule has 9 nitrogen and oxygen atoms in total. The van der Waals surface area contributed by atoms with Crippen molar-refractivity contribution in [2.75, 3.05) is 6.54 Å². The Bertz CT molecular complexity index is 954. The molecule has 1 aliphatic rings. The SMILES string of the molecule is Cn1cc(C2CN(C(=O)c3ccncc3Cl)Cc3[nH]cnc32)cn1.O=CO. The molecule has 4 rings (SSSR count). The fourth-order valence-electron chi connectivity index (χ4n) is 3.08. The highest BCUT2D eigenvalue weighted by molar-refractivity contribution is 6.33. The molecule has 0 fully saturated rings. The number of nitrogens with zero attached hydrogens (tertiary/aromatic N) is 5. The smallest absolute Gasteiger partial charge is 0.290 e. The van der Waals surface area contributed by atoms with Gasteiger partial charge in [0.1, 0.15) is 0 Å². The van der Waals surface area contributed by atoms with Crippen LogP contribution in [0.2, 0.25) is 5.02 Å². The molecule has 0 saturated carbocycles. The van der Waals surface area contributed by atoms with Gasteiger partial charge in [0.05, 0.1) is 41.0 Å². The topological polar surface area (TPSA) is 117 Å². The summed E-state index contributed by atoms with van der Waals surface area (Å²) >= 11 is 6.13. The lowest BCUT2D eigenvalue weighted by Crippen LogP contribution is -2.38. The zero-order chi connectivity index (χ0) is 19.4. The summed E-state index contributed by atoms with van der Waals surface area (Å²) in [7, 11) is 1.87. The summed E-state index contributed by atoms with van der Waals surface area (Å²) < 4.78 is 1.75. The standard InChI is InChI=1S/C16H15ClN6O.CH2O2/c1-22-6-10(4-21-22)12-7-23(8-14-15(12)20-9-19-14)16(24)11-2-3-18-5-13(11)17;2-1-3/h2-6,9,12H,7-8H2,1H3,(H,19,20);1H,(H,2,3). The Hall–Kier alpha value is -3.20. The minimum Gasteiger partial charge on any atom is -0.483 e. The van der Waals surface area contributed by atoms with Crippen LogP contribution in [-0.4, -0.2) is 53.7 Å². The Balaban J connectivity index is 0.000000659. The first-order valence-corrected chi connectivity index (χ1v) is 8.40. The van der Waals surface area contributed by atoms with Gasteiger partial charge in [0.25, 0.3) is 12.4 Å². The number of aromatic amines is 1. The van der Waals surface area contributed by atoms with E-state index < -0.39 is 0 Å². The molecule has 3 aromatic rings. The number of rotatable bonds is 2. The molecular weight excluding hydrogens is 372 g/mol. The second-order valence-corrected chi connectivity index (χ2v) is 6.32. The first-order valence-electron chi connectivity index (χ1n) is 8.02. The summed E-state index contributed by atoms with van der Waals surface area (Å²) in [5, 5.41) is 11.5. The van der Waals surface area contributed by atoms with E-state index in [0.29, 0.717) is 23.7 Å². The zero-order valence-electron chi connectivity index (χ0n) is 14.4. The summed E-state index contributed by atoms with van der Waals surface area (Å²) in [4.78, 5) is 34.5. The van der Waals surface area contributed by atoms with Crippen molar-refractivity contribution in [1.29, 1.82) is 0 Å². The fourth-order valence-corrected chi connectivity index (χ4v) is 3.28. The molecule has 3 aromatic heterocycles. The molecule has 0 radical (unpaired) electrons. The highest BCUT2D eigenvalue weighted by Crippen LogP contribution is 2.32. The van der Waals surface area contributed by atoms with Crippen LogP contribution in [0.25, 0.3) is 0 Å². The van der Waals surface area contributed by atoms with Crippen molar-refractivity contribution in [3.05, 3.63) is 64.7 Å². The normalized spacial score (nSPS) is 15.5. The van der Waals surface area contributed by atoms with Crippen LogP contribution in [0.15, 0.2) is 37.2 Å². The van der Waals surface area contributed by atoms with Gasteiger partial charge in [-0.25, -0.2) is 4.98 Å². The van der Waals surface area contributed by atoms with Crippen LogP contribution >= 0.6 is 11.6 Å². The van der Waals surface area contributed by atoms with Crippen molar-refractivity contribution >= 4 is 24.0 Å². The monoisotopic (exact) mass is 388 g/mol. The number of nitrogens with one attached hydrogen (secondary N) is 1. The van der Waals surface area contributed by atoms with Gasteiger partial charge in [-0.1, -0.05) is 11.6 Å². The van der Waals surface area contributed by atoms with Gasteiger partial charge in [-0.15, -0.1) is 0 Å². The molecule has 140 valence electrons. The third kappa shape index (κ3) is 3.82. The molecule has 27 heavy (non-hydrogen) atoms. The van der Waals surface area contributed by atoms with Gasteiger partial charge in [-0.2, -0.15) is 5.10 Å². The summed E-state index contributed by atoms with van der Waals surface area (Å²) in [6.07, 6.45) is 8.50. The summed E-state index contributed by atoms with van der Waals surface area (Å²) in [6, 6.07) is 1.65. The molecule has 10 heteroatoms. The molecule has 0 aromatic carbocycles. The second-order valence-electron chi connectivity index (χ2n) is 5.91. The van der Waals surface area contributed by atoms with Gasteiger partial charge < -0.3 is 15.0 Å². The van der Waals surface area contributed by atoms with E-state index in [4.69, 9.17) is 21.5 Å². The third-order valence-corrected chi connectivity index (χ3v) is 4.55. The van der Waals surface area contributed by atoms with Gasteiger partial charge >= 0.3 is 0 Å². The van der Waals surface area contributed by atoms with Gasteiger partial charge in [0, 0.05) is 43.7 Å². The van der Waals surface area contributed by atoms with Gasteiger partial charge in [-0.05, 0) is 6.07 Å². The fraction of sp³-hybridized carbons (Fsp3) is 0.235. The number of imidazole rings is 1. The molecule has 4 heterocycles. The Kier molecular flexibility index (Phi) is 5.51. The number of hydrogen-bond acceptors (Lipinski definition) is 5. The van der Waals surface area contributed by atoms with E-state index in [1.54, 1.807) is 28.2 Å². The number of carbonyl (C=O) groups is 2. The lowest BCUT2D eigenvalue weighted by atomic mass is 9.93. The van der Waals surface area contributed by atoms with Crippen LogP contribution in [-0.2, 0) is 18.4 Å². The van der Waals surface area contributed by atoms with Crippen molar-refractivity contribution in [2.24, 2.45) is 7.05 Å². The molecule has 1 unspecified atom stereocenters. The predicted octanol–water partition coefficient (Wildman–Crippen LogP) is 1.68. The maximum atomic E-state index is 12.9. The van der Waals surface area contributed by atoms with Crippen LogP contribution in [0.1, 0.15) is 33.2 Å². The van der Waals surface area contributed by atoms with E-state index >= 15 is 0 Å². The lowest BCUT2D eigenvalue weighted by molar-refractivity contribution is -0.122. The van der Waals surface area contributed by atoms with Crippen LogP contribution in [0.4, 0.5) is 0 Å². The number of aromatic nitrogens is 5. The van der Waals surface area contributed by atoms with E-state index in [1.807, 2.05) is 19.4 Å². The molecule has 0 saturated heterocycles. The number of pyridine rings is 1. The average molecular weight is 389 g/mol. The van der Waals surface area contributed by atoms with Gasteiger partial charge in [-0.3, -0.25) is 19.3 Å². The van der Waals surface area contributed by atoms with Crippen LogP contribution < -0.4 is 0 Å². The highest BCUT2D eigenvalue weighted by atomic mass is 35.5. The number of amides is 1. The number of aryl methyl sites for hydroxylation is 1. The Morgan fingerprint density at radius 1 is 1.44 bits per heavy atom.